The van der Waals surface area contributed by atoms with E-state index in [4.69, 9.17) is 15.7 Å². The Morgan fingerprint density at radius 3 is 2.68 bits per heavy atom. The van der Waals surface area contributed by atoms with Crippen LogP contribution < -0.4 is 10.5 Å². The highest BCUT2D eigenvalue weighted by Crippen LogP contribution is 2.23. The van der Waals surface area contributed by atoms with Gasteiger partial charge in [-0.3, -0.25) is 0 Å². The molecule has 104 valence electrons. The summed E-state index contributed by atoms with van der Waals surface area (Å²) in [4.78, 5) is 0. The van der Waals surface area contributed by atoms with Gasteiger partial charge < -0.3 is 10.5 Å². The fraction of sp³-hybridized carbons (Fsp3) is 0.533. The summed E-state index contributed by atoms with van der Waals surface area (Å²) < 4.78 is 19.1. The lowest BCUT2D eigenvalue weighted by Crippen LogP contribution is -2.10. The summed E-state index contributed by atoms with van der Waals surface area (Å²) >= 11 is 0. The average molecular weight is 264 g/mol. The van der Waals surface area contributed by atoms with Gasteiger partial charge in [-0.05, 0) is 51.3 Å². The minimum Gasteiger partial charge on any atom is -0.491 e. The highest BCUT2D eigenvalue weighted by molar-refractivity contribution is 5.30. The first-order valence-corrected chi connectivity index (χ1v) is 6.45. The molecule has 0 aromatic heterocycles. The van der Waals surface area contributed by atoms with Crippen LogP contribution in [0.15, 0.2) is 18.2 Å². The van der Waals surface area contributed by atoms with Gasteiger partial charge in [-0.15, -0.1) is 0 Å². The second-order valence-electron chi connectivity index (χ2n) is 5.43. The molecule has 0 spiro atoms. The van der Waals surface area contributed by atoms with Crippen LogP contribution in [0.1, 0.15) is 45.2 Å². The highest BCUT2D eigenvalue weighted by Gasteiger charge is 2.16. The second kappa shape index (κ2) is 6.53. The molecular formula is C15H21FN2O. The minimum absolute atomic E-state index is 0.194. The maximum Gasteiger partial charge on any atom is 0.165 e. The number of hydrogen-bond donors (Lipinski definition) is 1. The van der Waals surface area contributed by atoms with Crippen LogP contribution in [0.2, 0.25) is 0 Å². The van der Waals surface area contributed by atoms with Gasteiger partial charge in [-0.2, -0.15) is 5.26 Å². The molecular weight excluding hydrogens is 243 g/mol. The van der Waals surface area contributed by atoms with Gasteiger partial charge in [-0.1, -0.05) is 6.07 Å². The number of nitrogens with zero attached hydrogens (tertiary/aromatic N) is 1. The van der Waals surface area contributed by atoms with E-state index in [2.05, 4.69) is 6.07 Å². The van der Waals surface area contributed by atoms with Gasteiger partial charge in [0, 0.05) is 6.04 Å². The molecule has 3 nitrogen and oxygen atoms in total. The van der Waals surface area contributed by atoms with Crippen LogP contribution in [0.25, 0.3) is 0 Å². The summed E-state index contributed by atoms with van der Waals surface area (Å²) in [6.07, 6.45) is 1.44. The smallest absolute Gasteiger partial charge is 0.165 e. The van der Waals surface area contributed by atoms with Gasteiger partial charge in [0.25, 0.3) is 0 Å². The molecule has 0 heterocycles. The Hall–Kier alpha value is -1.60. The minimum atomic E-state index is -0.394. The summed E-state index contributed by atoms with van der Waals surface area (Å²) in [6, 6.07) is 6.80. The molecule has 0 amide bonds. The third kappa shape index (κ3) is 4.88. The number of hydrogen-bond acceptors (Lipinski definition) is 3. The molecule has 1 aromatic rings. The summed E-state index contributed by atoms with van der Waals surface area (Å²) in [7, 11) is 0. The van der Waals surface area contributed by atoms with Crippen molar-refractivity contribution in [3.8, 4) is 11.8 Å². The summed E-state index contributed by atoms with van der Waals surface area (Å²) in [6.45, 7) is 5.97. The molecule has 1 atom stereocenters. The molecule has 1 aromatic carbocycles. The van der Waals surface area contributed by atoms with Crippen molar-refractivity contribution in [1.82, 2.24) is 0 Å². The normalized spacial score (nSPS) is 12.8. The number of benzene rings is 1. The van der Waals surface area contributed by atoms with Crippen molar-refractivity contribution in [2.24, 2.45) is 11.1 Å². The molecule has 0 bridgehead atoms. The molecule has 2 N–H and O–H groups in total. The first-order chi connectivity index (χ1) is 8.85. The zero-order chi connectivity index (χ0) is 14.5. The predicted molar refractivity (Wildman–Crippen MR) is 73.1 cm³/mol. The third-order valence-electron chi connectivity index (χ3n) is 2.99. The van der Waals surface area contributed by atoms with Crippen LogP contribution >= 0.6 is 0 Å². The number of halogens is 1. The van der Waals surface area contributed by atoms with Gasteiger partial charge in [-0.25, -0.2) is 4.39 Å². The van der Waals surface area contributed by atoms with E-state index in [9.17, 15) is 4.39 Å². The van der Waals surface area contributed by atoms with Gasteiger partial charge in [0.05, 0.1) is 18.1 Å². The topological polar surface area (TPSA) is 59.0 Å². The molecule has 0 aliphatic heterocycles. The first kappa shape index (κ1) is 15.5. The molecule has 0 radical (unpaired) electrons. The van der Waals surface area contributed by atoms with E-state index >= 15 is 0 Å². The van der Waals surface area contributed by atoms with Crippen LogP contribution in [-0.2, 0) is 0 Å². The molecule has 0 fully saturated rings. The van der Waals surface area contributed by atoms with Crippen LogP contribution in [0.5, 0.6) is 5.75 Å². The molecule has 0 saturated heterocycles. The highest BCUT2D eigenvalue weighted by atomic mass is 19.1. The largest absolute Gasteiger partial charge is 0.491 e. The molecule has 1 rings (SSSR count). The SMILES string of the molecule is C[C@@H](N)c1ccc(OCCCC(C)(C)C#N)c(F)c1. The van der Waals surface area contributed by atoms with Crippen LogP contribution in [0, 0.1) is 22.6 Å². The van der Waals surface area contributed by atoms with Crippen LogP contribution in [0.4, 0.5) is 4.39 Å². The van der Waals surface area contributed by atoms with E-state index < -0.39 is 5.82 Å². The van der Waals surface area contributed by atoms with Gasteiger partial charge in [0.1, 0.15) is 0 Å². The predicted octanol–water partition coefficient (Wildman–Crippen LogP) is 3.55. The molecule has 0 aliphatic carbocycles. The molecule has 4 heteroatoms. The zero-order valence-corrected chi connectivity index (χ0v) is 11.7. The van der Waals surface area contributed by atoms with E-state index in [-0.39, 0.29) is 17.2 Å². The lowest BCUT2D eigenvalue weighted by atomic mass is 9.90. The van der Waals surface area contributed by atoms with Gasteiger partial charge in [0.15, 0.2) is 11.6 Å². The Bertz CT molecular complexity index is 464. The Labute approximate surface area is 114 Å². The Kier molecular flexibility index (Phi) is 5.31. The monoisotopic (exact) mass is 264 g/mol. The maximum atomic E-state index is 13.7. The summed E-state index contributed by atoms with van der Waals surface area (Å²) in [5, 5.41) is 8.87. The van der Waals surface area contributed by atoms with Crippen molar-refractivity contribution < 1.29 is 9.13 Å². The van der Waals surface area contributed by atoms with Crippen LogP contribution in [0.3, 0.4) is 0 Å². The fourth-order valence-corrected chi connectivity index (χ4v) is 1.67. The van der Waals surface area contributed by atoms with E-state index in [1.54, 1.807) is 19.1 Å². The molecule has 0 aliphatic rings. The first-order valence-electron chi connectivity index (χ1n) is 6.45. The van der Waals surface area contributed by atoms with Gasteiger partial charge >= 0.3 is 0 Å². The quantitative estimate of drug-likeness (QED) is 0.799. The van der Waals surface area contributed by atoms with Crippen molar-refractivity contribution in [3.05, 3.63) is 29.6 Å². The van der Waals surface area contributed by atoms with E-state index in [1.165, 1.54) is 6.07 Å². The lowest BCUT2D eigenvalue weighted by Gasteiger charge is -2.15. The number of nitrogens with two attached hydrogens (primary N) is 1. The van der Waals surface area contributed by atoms with Crippen molar-refractivity contribution in [2.45, 2.75) is 39.7 Å². The van der Waals surface area contributed by atoms with Crippen molar-refractivity contribution in [3.63, 3.8) is 0 Å². The average Bonchev–Trinajstić information content (AvgIpc) is 2.36. The van der Waals surface area contributed by atoms with E-state index in [0.717, 1.165) is 18.4 Å². The molecule has 0 unspecified atom stereocenters. The summed E-state index contributed by atoms with van der Waals surface area (Å²) in [5.74, 6) is -0.159. The van der Waals surface area contributed by atoms with Crippen LogP contribution in [-0.4, -0.2) is 6.61 Å². The Balaban J connectivity index is 2.49. The second-order valence-corrected chi connectivity index (χ2v) is 5.43. The maximum absolute atomic E-state index is 13.7. The van der Waals surface area contributed by atoms with E-state index in [0.29, 0.717) is 6.61 Å². The van der Waals surface area contributed by atoms with Crippen molar-refractivity contribution in [1.29, 1.82) is 5.26 Å². The Morgan fingerprint density at radius 2 is 2.16 bits per heavy atom. The summed E-state index contributed by atoms with van der Waals surface area (Å²) in [5.41, 5.74) is 6.06. The number of ether oxygens (including phenoxy) is 1. The molecule has 0 saturated carbocycles. The number of nitriles is 1. The lowest BCUT2D eigenvalue weighted by molar-refractivity contribution is 0.273. The van der Waals surface area contributed by atoms with Crippen molar-refractivity contribution in [2.75, 3.05) is 6.61 Å². The molecule has 19 heavy (non-hydrogen) atoms. The third-order valence-corrected chi connectivity index (χ3v) is 2.99. The zero-order valence-electron chi connectivity index (χ0n) is 11.7. The number of rotatable bonds is 6. The Morgan fingerprint density at radius 1 is 1.47 bits per heavy atom. The van der Waals surface area contributed by atoms with Gasteiger partial charge in [0.2, 0.25) is 0 Å². The van der Waals surface area contributed by atoms with Crippen molar-refractivity contribution >= 4 is 0 Å². The van der Waals surface area contributed by atoms with E-state index in [1.807, 2.05) is 13.8 Å². The standard InChI is InChI=1S/C15H21FN2O/c1-11(18)12-5-6-14(13(16)9-12)19-8-4-7-15(2,3)10-17/h5-6,9,11H,4,7-8,18H2,1-3H3/t11-/m1/s1. The fourth-order valence-electron chi connectivity index (χ4n) is 1.67.